The Labute approximate surface area is 269 Å². The third-order valence-electron chi connectivity index (χ3n) is 7.73. The number of aromatic amines is 1. The smallest absolute Gasteiger partial charge is 0.361 e. The van der Waals surface area contributed by atoms with E-state index in [-0.39, 0.29) is 31.5 Å². The zero-order valence-electron chi connectivity index (χ0n) is 26.2. The zero-order valence-corrected chi connectivity index (χ0v) is 27.9. The van der Waals surface area contributed by atoms with Crippen molar-refractivity contribution < 1.29 is 31.9 Å². The van der Waals surface area contributed by atoms with Crippen LogP contribution in [-0.2, 0) is 28.4 Å². The number of benzene rings is 3. The first-order chi connectivity index (χ1) is 22.0. The highest BCUT2D eigenvalue weighted by Gasteiger charge is 2.29. The first kappa shape index (κ1) is 33.4. The number of amides is 1. The number of aromatic nitrogens is 1. The van der Waals surface area contributed by atoms with Gasteiger partial charge in [-0.25, -0.2) is 13.4 Å². The zero-order chi connectivity index (χ0) is 32.9. The van der Waals surface area contributed by atoms with Crippen molar-refractivity contribution in [1.29, 1.82) is 0 Å². The molecule has 0 spiro atoms. The molecule has 3 aromatic carbocycles. The number of sulfonamides is 1. The number of aliphatic imine (C=N–C) groups is 1. The van der Waals surface area contributed by atoms with Crippen molar-refractivity contribution in [2.24, 2.45) is 4.99 Å². The Morgan fingerprint density at radius 2 is 1.63 bits per heavy atom. The van der Waals surface area contributed by atoms with Crippen LogP contribution >= 0.6 is 7.60 Å². The fraction of sp³-hybridized carbons (Fsp3) is 0.333. The second-order valence-electron chi connectivity index (χ2n) is 11.0. The van der Waals surface area contributed by atoms with Crippen LogP contribution in [0.15, 0.2) is 77.8 Å². The van der Waals surface area contributed by atoms with E-state index in [4.69, 9.17) is 14.0 Å². The molecule has 244 valence electrons. The molecule has 46 heavy (non-hydrogen) atoms. The van der Waals surface area contributed by atoms with Crippen molar-refractivity contribution in [3.05, 3.63) is 83.9 Å². The van der Waals surface area contributed by atoms with E-state index >= 15 is 0 Å². The van der Waals surface area contributed by atoms with Gasteiger partial charge in [-0.05, 0) is 75.6 Å². The number of carbonyl (C=O) groups is 1. The molecule has 1 aromatic heterocycles. The lowest BCUT2D eigenvalue weighted by Crippen LogP contribution is -2.44. The van der Waals surface area contributed by atoms with E-state index in [2.05, 4.69) is 4.98 Å². The summed E-state index contributed by atoms with van der Waals surface area (Å²) in [5, 5.41) is 12.1. The van der Waals surface area contributed by atoms with Gasteiger partial charge in [0.25, 0.3) is 0 Å². The Kier molecular flexibility index (Phi) is 10.3. The number of nitrogens with zero attached hydrogens (tertiary/aromatic N) is 3. The first-order valence-corrected chi connectivity index (χ1v) is 18.7. The molecule has 0 unspecified atom stereocenters. The van der Waals surface area contributed by atoms with Crippen LogP contribution in [0.4, 0.5) is 11.4 Å². The van der Waals surface area contributed by atoms with Crippen LogP contribution in [0.2, 0.25) is 0 Å². The molecule has 11 nitrogen and oxygen atoms in total. The normalized spacial score (nSPS) is 14.5. The van der Waals surface area contributed by atoms with Crippen molar-refractivity contribution in [2.75, 3.05) is 43.4 Å². The lowest BCUT2D eigenvalue weighted by atomic mass is 10.0. The maximum Gasteiger partial charge on any atom is 0.361 e. The number of likely N-dealkylation sites (tertiary alicyclic amines) is 1. The molecule has 0 atom stereocenters. The molecule has 1 aliphatic rings. The molecule has 0 radical (unpaired) electrons. The summed E-state index contributed by atoms with van der Waals surface area (Å²) in [6.07, 6.45) is 3.96. The molecular weight excluding hydrogens is 627 g/mol. The maximum absolute atomic E-state index is 13.6. The van der Waals surface area contributed by atoms with Crippen molar-refractivity contribution in [3.63, 3.8) is 0 Å². The van der Waals surface area contributed by atoms with Gasteiger partial charge in [0, 0.05) is 29.6 Å². The van der Waals surface area contributed by atoms with Crippen LogP contribution < -0.4 is 9.61 Å². The van der Waals surface area contributed by atoms with Crippen LogP contribution in [0, 0.1) is 0 Å². The van der Waals surface area contributed by atoms with E-state index in [9.17, 15) is 22.9 Å². The number of anilines is 1. The predicted octanol–water partition coefficient (Wildman–Crippen LogP) is 5.71. The Bertz CT molecular complexity index is 1860. The third-order valence-corrected chi connectivity index (χ3v) is 11.0. The van der Waals surface area contributed by atoms with Crippen LogP contribution in [-0.4, -0.2) is 74.1 Å². The number of hydrogen-bond acceptors (Lipinski definition) is 8. The van der Waals surface area contributed by atoms with Crippen molar-refractivity contribution in [3.8, 4) is 5.88 Å². The molecule has 1 saturated heterocycles. The molecule has 0 aliphatic carbocycles. The number of aromatic hydroxyl groups is 1. The van der Waals surface area contributed by atoms with Crippen LogP contribution in [0.1, 0.15) is 44.2 Å². The van der Waals surface area contributed by atoms with Crippen molar-refractivity contribution >= 4 is 56.8 Å². The van der Waals surface area contributed by atoms with Crippen molar-refractivity contribution in [1.82, 2.24) is 9.88 Å². The highest BCUT2D eigenvalue weighted by Crippen LogP contribution is 2.47. The predicted molar refractivity (Wildman–Crippen MR) is 181 cm³/mol. The van der Waals surface area contributed by atoms with Gasteiger partial charge in [0.1, 0.15) is 6.54 Å². The van der Waals surface area contributed by atoms with Gasteiger partial charge < -0.3 is 24.0 Å². The summed E-state index contributed by atoms with van der Waals surface area (Å²) in [7, 11) is -7.37. The second-order valence-corrected chi connectivity index (χ2v) is 14.9. The van der Waals surface area contributed by atoms with E-state index in [0.29, 0.717) is 57.5 Å². The van der Waals surface area contributed by atoms with Gasteiger partial charge >= 0.3 is 7.60 Å². The van der Waals surface area contributed by atoms with Crippen LogP contribution in [0.25, 0.3) is 10.9 Å². The number of H-pyrrole nitrogens is 1. The Hall–Kier alpha value is -3.96. The molecule has 2 N–H and O–H groups in total. The number of piperidine rings is 1. The van der Waals surface area contributed by atoms with Gasteiger partial charge in [0.15, 0.2) is 5.88 Å². The number of carbonyl (C=O) groups excluding carboxylic acids is 1. The highest BCUT2D eigenvalue weighted by atomic mass is 32.2. The second kappa shape index (κ2) is 14.2. The minimum absolute atomic E-state index is 0.131. The lowest BCUT2D eigenvalue weighted by Gasteiger charge is -2.30. The average Bonchev–Trinajstić information content (AvgIpc) is 3.38. The van der Waals surface area contributed by atoms with Gasteiger partial charge in [0.2, 0.25) is 15.9 Å². The van der Waals surface area contributed by atoms with E-state index in [1.807, 2.05) is 30.3 Å². The minimum atomic E-state index is -3.75. The number of fused-ring (bicyclic) bond motifs is 1. The van der Waals surface area contributed by atoms with Crippen LogP contribution in [0.3, 0.4) is 0 Å². The summed E-state index contributed by atoms with van der Waals surface area (Å²) in [6, 6.07) is 20.9. The minimum Gasteiger partial charge on any atom is -0.494 e. The van der Waals surface area contributed by atoms with Gasteiger partial charge in [-0.1, -0.05) is 30.3 Å². The maximum atomic E-state index is 13.6. The van der Waals surface area contributed by atoms with E-state index in [1.165, 1.54) is 0 Å². The quantitative estimate of drug-likeness (QED) is 0.146. The molecule has 1 fully saturated rings. The molecule has 2 heterocycles. The van der Waals surface area contributed by atoms with E-state index in [1.54, 1.807) is 61.2 Å². The topological polar surface area (TPSA) is 142 Å². The first-order valence-electron chi connectivity index (χ1n) is 15.3. The molecule has 1 aliphatic heterocycles. The standard InChI is InChI=1S/C33H39N4O7PS/c1-4-43-45(40,44-5-2)27-18-19-29-28(22-27)31(33(39)35-29)32(24-12-8-6-9-13-24)34-25-14-16-26(17-15-25)37(46(3,41)42)23-30(38)36-20-10-7-11-21-36/h6,8-9,12-19,22,35,39H,4-5,7,10-11,20-21,23H2,1-3H3. The summed E-state index contributed by atoms with van der Waals surface area (Å²) in [4.78, 5) is 22.6. The molecule has 13 heteroatoms. The number of nitrogens with one attached hydrogen (secondary N) is 1. The molecular formula is C33H39N4O7PS. The highest BCUT2D eigenvalue weighted by molar-refractivity contribution is 7.92. The Balaban J connectivity index is 1.56. The van der Waals surface area contributed by atoms with Crippen molar-refractivity contribution in [2.45, 2.75) is 33.1 Å². The monoisotopic (exact) mass is 666 g/mol. The van der Waals surface area contributed by atoms with Gasteiger partial charge in [-0.3, -0.25) is 13.7 Å². The fourth-order valence-corrected chi connectivity index (χ4v) is 8.00. The summed E-state index contributed by atoms with van der Waals surface area (Å²) < 4.78 is 51.4. The molecule has 0 bridgehead atoms. The largest absolute Gasteiger partial charge is 0.494 e. The van der Waals surface area contributed by atoms with Gasteiger partial charge in [0.05, 0.1) is 47.4 Å². The third kappa shape index (κ3) is 7.36. The fourth-order valence-electron chi connectivity index (χ4n) is 5.55. The summed E-state index contributed by atoms with van der Waals surface area (Å²) in [6.45, 7) is 4.84. The van der Waals surface area contributed by atoms with Gasteiger partial charge in [-0.15, -0.1) is 0 Å². The summed E-state index contributed by atoms with van der Waals surface area (Å²) >= 11 is 0. The molecule has 4 aromatic rings. The summed E-state index contributed by atoms with van der Waals surface area (Å²) in [5.74, 6) is -0.362. The molecule has 5 rings (SSSR count). The summed E-state index contributed by atoms with van der Waals surface area (Å²) in [5.41, 5.74) is 2.94. The van der Waals surface area contributed by atoms with E-state index < -0.39 is 17.6 Å². The number of hydrogen-bond donors (Lipinski definition) is 2. The lowest BCUT2D eigenvalue weighted by molar-refractivity contribution is -0.130. The van der Waals surface area contributed by atoms with Crippen LogP contribution in [0.5, 0.6) is 5.88 Å². The Morgan fingerprint density at radius 1 is 0.978 bits per heavy atom. The molecule has 0 saturated carbocycles. The van der Waals surface area contributed by atoms with Gasteiger partial charge in [-0.2, -0.15) is 0 Å². The van der Waals surface area contributed by atoms with E-state index in [0.717, 1.165) is 29.8 Å². The Morgan fingerprint density at radius 3 is 2.24 bits per heavy atom. The molecule has 1 amide bonds. The average molecular weight is 667 g/mol. The number of rotatable bonds is 12. The SMILES string of the molecule is CCOP(=O)(OCC)c1ccc2[nH]c(O)c(C(=Nc3ccc(N(CC(=O)N4CCCCC4)S(C)(=O)=O)cc3)c3ccccc3)c2c1.